The summed E-state index contributed by atoms with van der Waals surface area (Å²) >= 11 is 0. The average molecular weight is 266 g/mol. The molecule has 4 heteroatoms. The summed E-state index contributed by atoms with van der Waals surface area (Å²) in [6.07, 6.45) is 0.703. The van der Waals surface area contributed by atoms with Crippen LogP contribution in [0.25, 0.3) is 0 Å². The van der Waals surface area contributed by atoms with Crippen LogP contribution in [0.4, 0.5) is 0 Å². The highest BCUT2D eigenvalue weighted by molar-refractivity contribution is 5.94. The quantitative estimate of drug-likeness (QED) is 0.684. The highest BCUT2D eigenvalue weighted by Crippen LogP contribution is 2.21. The van der Waals surface area contributed by atoms with Gasteiger partial charge in [-0.15, -0.1) is 0 Å². The lowest BCUT2D eigenvalue weighted by Crippen LogP contribution is -2.34. The third-order valence-electron chi connectivity index (χ3n) is 3.40. The van der Waals surface area contributed by atoms with Gasteiger partial charge in [-0.25, -0.2) is 0 Å². The fourth-order valence-corrected chi connectivity index (χ4v) is 2.24. The van der Waals surface area contributed by atoms with Crippen molar-refractivity contribution in [1.29, 1.82) is 0 Å². The van der Waals surface area contributed by atoms with Crippen LogP contribution in [-0.4, -0.2) is 22.5 Å². The minimum atomic E-state index is -0.153. The summed E-state index contributed by atoms with van der Waals surface area (Å²) < 4.78 is 5.22. The van der Waals surface area contributed by atoms with Crippen molar-refractivity contribution in [2.24, 2.45) is 0 Å². The van der Waals surface area contributed by atoms with Gasteiger partial charge in [-0.1, -0.05) is 29.3 Å². The van der Waals surface area contributed by atoms with Crippen molar-refractivity contribution in [3.05, 3.63) is 52.9 Å². The Bertz CT molecular complexity index is 692. The summed E-state index contributed by atoms with van der Waals surface area (Å²) in [6, 6.07) is 9.51. The second-order valence-electron chi connectivity index (χ2n) is 4.76. The molecule has 0 radical (unpaired) electrons. The highest BCUT2D eigenvalue weighted by atomic mass is 16.5. The number of fused-ring (bicyclic) bond motifs is 1. The number of hydrogen-bond donors (Lipinski definition) is 0. The van der Waals surface area contributed by atoms with E-state index in [1.165, 1.54) is 0 Å². The maximum absolute atomic E-state index is 12.1. The molecule has 0 saturated heterocycles. The third kappa shape index (κ3) is 2.43. The topological polar surface area (TPSA) is 46.3 Å². The Morgan fingerprint density at radius 1 is 1.35 bits per heavy atom. The molecule has 0 aliphatic carbocycles. The fourth-order valence-electron chi connectivity index (χ4n) is 2.24. The average Bonchev–Trinajstić information content (AvgIpc) is 2.87. The number of aryl methyl sites for hydroxylation is 1. The van der Waals surface area contributed by atoms with E-state index in [-0.39, 0.29) is 5.91 Å². The maximum Gasteiger partial charge on any atom is 0.299 e. The second-order valence-corrected chi connectivity index (χ2v) is 4.76. The van der Waals surface area contributed by atoms with E-state index in [9.17, 15) is 4.79 Å². The molecule has 20 heavy (non-hydrogen) atoms. The van der Waals surface area contributed by atoms with Gasteiger partial charge in [0.2, 0.25) is 0 Å². The van der Waals surface area contributed by atoms with E-state index in [0.717, 1.165) is 22.6 Å². The van der Waals surface area contributed by atoms with E-state index in [2.05, 4.69) is 17.0 Å². The van der Waals surface area contributed by atoms with Crippen LogP contribution in [0.15, 0.2) is 34.9 Å². The molecule has 4 nitrogen and oxygen atoms in total. The van der Waals surface area contributed by atoms with E-state index in [1.807, 2.05) is 37.3 Å². The van der Waals surface area contributed by atoms with Crippen LogP contribution < -0.4 is 0 Å². The van der Waals surface area contributed by atoms with Crippen molar-refractivity contribution >= 4 is 5.91 Å². The van der Waals surface area contributed by atoms with Crippen molar-refractivity contribution in [3.8, 4) is 11.8 Å². The molecule has 2 aromatic rings. The van der Waals surface area contributed by atoms with Crippen LogP contribution in [0.5, 0.6) is 0 Å². The van der Waals surface area contributed by atoms with Gasteiger partial charge < -0.3 is 9.42 Å². The second kappa shape index (κ2) is 5.22. The summed E-state index contributed by atoms with van der Waals surface area (Å²) in [7, 11) is 0. The van der Waals surface area contributed by atoms with Gasteiger partial charge in [0.1, 0.15) is 5.76 Å². The Hall–Kier alpha value is -2.54. The van der Waals surface area contributed by atoms with Gasteiger partial charge in [-0.2, -0.15) is 0 Å². The molecular weight excluding hydrogens is 252 g/mol. The molecule has 0 atom stereocenters. The SMILES string of the molecule is Cc1noc2c1CN(C(=O)C#Cc1ccccc1)CC2. The summed E-state index contributed by atoms with van der Waals surface area (Å²) in [5.41, 5.74) is 2.72. The molecular formula is C16H14N2O2. The highest BCUT2D eigenvalue weighted by Gasteiger charge is 2.24. The Balaban J connectivity index is 1.74. The van der Waals surface area contributed by atoms with Crippen molar-refractivity contribution in [2.45, 2.75) is 19.9 Å². The van der Waals surface area contributed by atoms with E-state index in [4.69, 9.17) is 4.52 Å². The van der Waals surface area contributed by atoms with Crippen molar-refractivity contribution < 1.29 is 9.32 Å². The Morgan fingerprint density at radius 2 is 2.15 bits per heavy atom. The fraction of sp³-hybridized carbons (Fsp3) is 0.250. The van der Waals surface area contributed by atoms with Gasteiger partial charge in [0, 0.05) is 30.0 Å². The number of nitrogens with zero attached hydrogens (tertiary/aromatic N) is 2. The largest absolute Gasteiger partial charge is 0.361 e. The van der Waals surface area contributed by atoms with Gasteiger partial charge >= 0.3 is 0 Å². The zero-order valence-corrected chi connectivity index (χ0v) is 11.2. The summed E-state index contributed by atoms with van der Waals surface area (Å²) in [5, 5.41) is 3.94. The number of carbonyl (C=O) groups is 1. The van der Waals surface area contributed by atoms with Crippen LogP contribution in [0.2, 0.25) is 0 Å². The molecule has 2 heterocycles. The molecule has 3 rings (SSSR count). The first-order valence-corrected chi connectivity index (χ1v) is 6.54. The minimum absolute atomic E-state index is 0.153. The molecule has 0 bridgehead atoms. The van der Waals surface area contributed by atoms with Crippen LogP contribution in [0, 0.1) is 18.8 Å². The Morgan fingerprint density at radius 3 is 2.95 bits per heavy atom. The number of rotatable bonds is 0. The summed E-state index contributed by atoms with van der Waals surface area (Å²) in [4.78, 5) is 13.9. The lowest BCUT2D eigenvalue weighted by molar-refractivity contribution is -0.126. The molecule has 0 saturated carbocycles. The number of hydrogen-bond acceptors (Lipinski definition) is 3. The van der Waals surface area contributed by atoms with Gasteiger partial charge in [0.05, 0.1) is 12.2 Å². The predicted octanol–water partition coefficient (Wildman–Crippen LogP) is 1.92. The standard InChI is InChI=1S/C16H14N2O2/c1-12-14-11-18(10-9-15(14)20-17-12)16(19)8-7-13-5-3-2-4-6-13/h2-6H,9-11H2,1H3. The number of aromatic nitrogens is 1. The van der Waals surface area contributed by atoms with Crippen LogP contribution in [0.1, 0.15) is 22.6 Å². The monoisotopic (exact) mass is 266 g/mol. The molecule has 0 spiro atoms. The predicted molar refractivity (Wildman–Crippen MR) is 73.7 cm³/mol. The molecule has 0 N–H and O–H groups in total. The van der Waals surface area contributed by atoms with Crippen LogP contribution in [-0.2, 0) is 17.8 Å². The lowest BCUT2D eigenvalue weighted by atomic mass is 10.1. The van der Waals surface area contributed by atoms with E-state index in [0.29, 0.717) is 19.5 Å². The number of carbonyl (C=O) groups excluding carboxylic acids is 1. The maximum atomic E-state index is 12.1. The first-order valence-electron chi connectivity index (χ1n) is 6.54. The molecule has 0 unspecified atom stereocenters. The van der Waals surface area contributed by atoms with E-state index >= 15 is 0 Å². The molecule has 1 aliphatic heterocycles. The first-order chi connectivity index (χ1) is 9.74. The van der Waals surface area contributed by atoms with Crippen LogP contribution in [0.3, 0.4) is 0 Å². The minimum Gasteiger partial charge on any atom is -0.361 e. The summed E-state index contributed by atoms with van der Waals surface area (Å²) in [5.74, 6) is 6.33. The van der Waals surface area contributed by atoms with Crippen LogP contribution >= 0.6 is 0 Å². The Kier molecular flexibility index (Phi) is 3.26. The molecule has 100 valence electrons. The molecule has 0 fully saturated rings. The molecule has 1 amide bonds. The van der Waals surface area contributed by atoms with E-state index in [1.54, 1.807) is 4.90 Å². The zero-order valence-electron chi connectivity index (χ0n) is 11.2. The number of amides is 1. The first kappa shape index (κ1) is 12.5. The third-order valence-corrected chi connectivity index (χ3v) is 3.40. The van der Waals surface area contributed by atoms with Gasteiger partial charge in [-0.05, 0) is 19.1 Å². The molecule has 1 aliphatic rings. The van der Waals surface area contributed by atoms with E-state index < -0.39 is 0 Å². The summed E-state index contributed by atoms with van der Waals surface area (Å²) in [6.45, 7) is 3.06. The molecule has 1 aromatic heterocycles. The molecule has 1 aromatic carbocycles. The zero-order chi connectivity index (χ0) is 13.9. The van der Waals surface area contributed by atoms with Crippen molar-refractivity contribution in [1.82, 2.24) is 10.1 Å². The lowest BCUT2D eigenvalue weighted by Gasteiger charge is -2.23. The van der Waals surface area contributed by atoms with Gasteiger partial charge in [-0.3, -0.25) is 4.79 Å². The number of benzene rings is 1. The smallest absolute Gasteiger partial charge is 0.299 e. The van der Waals surface area contributed by atoms with Crippen molar-refractivity contribution in [2.75, 3.05) is 6.54 Å². The Labute approximate surface area is 117 Å². The van der Waals surface area contributed by atoms with Gasteiger partial charge in [0.15, 0.2) is 0 Å². The normalized spacial score (nSPS) is 13.3. The van der Waals surface area contributed by atoms with Crippen molar-refractivity contribution in [3.63, 3.8) is 0 Å². The van der Waals surface area contributed by atoms with Gasteiger partial charge in [0.25, 0.3) is 5.91 Å².